The molecule has 2 atom stereocenters. The summed E-state index contributed by atoms with van der Waals surface area (Å²) in [4.78, 5) is 0. The van der Waals surface area contributed by atoms with E-state index in [1.54, 1.807) is 12.1 Å². The molecule has 0 saturated heterocycles. The molecule has 0 fully saturated rings. The Labute approximate surface area is 104 Å². The average molecular weight is 237 g/mol. The Hall–Kier alpha value is -0.890. The first kappa shape index (κ1) is 14.2. The Bertz CT molecular complexity index is 335. The van der Waals surface area contributed by atoms with Crippen LogP contribution < -0.4 is 5.32 Å². The van der Waals surface area contributed by atoms with Crippen molar-refractivity contribution in [3.8, 4) is 0 Å². The summed E-state index contributed by atoms with van der Waals surface area (Å²) in [6.45, 7) is 9.62. The highest BCUT2D eigenvalue weighted by molar-refractivity contribution is 5.22. The van der Waals surface area contributed by atoms with Gasteiger partial charge in [-0.2, -0.15) is 0 Å². The van der Waals surface area contributed by atoms with Crippen molar-refractivity contribution >= 4 is 0 Å². The lowest BCUT2D eigenvalue weighted by Crippen LogP contribution is -2.30. The summed E-state index contributed by atoms with van der Waals surface area (Å²) in [5.74, 6) is 0.844. The summed E-state index contributed by atoms with van der Waals surface area (Å²) in [7, 11) is 0. The van der Waals surface area contributed by atoms with Gasteiger partial charge in [-0.25, -0.2) is 4.39 Å². The maximum Gasteiger partial charge on any atom is 0.127 e. The minimum absolute atomic E-state index is 0.103. The molecular formula is C15H24FN. The number of nitrogens with one attached hydrogen (secondary N) is 1. The first-order valence-electron chi connectivity index (χ1n) is 6.55. The largest absolute Gasteiger partial charge is 0.310 e. The zero-order valence-electron chi connectivity index (χ0n) is 11.3. The fraction of sp³-hybridized carbons (Fsp3) is 0.600. The zero-order chi connectivity index (χ0) is 12.8. The summed E-state index contributed by atoms with van der Waals surface area (Å²) in [6, 6.07) is 7.20. The SMILES string of the molecule is CCCNC(c1ccccc1F)C(C)C(C)C. The molecule has 0 amide bonds. The number of rotatable bonds is 6. The maximum atomic E-state index is 13.9. The van der Waals surface area contributed by atoms with Crippen molar-refractivity contribution in [3.05, 3.63) is 35.6 Å². The van der Waals surface area contributed by atoms with Gasteiger partial charge < -0.3 is 5.32 Å². The molecule has 0 aliphatic rings. The second-order valence-corrected chi connectivity index (χ2v) is 5.06. The second kappa shape index (κ2) is 6.75. The average Bonchev–Trinajstić information content (AvgIpc) is 2.31. The fourth-order valence-electron chi connectivity index (χ4n) is 1.99. The highest BCUT2D eigenvalue weighted by Crippen LogP contribution is 2.29. The van der Waals surface area contributed by atoms with E-state index in [0.29, 0.717) is 11.8 Å². The lowest BCUT2D eigenvalue weighted by Gasteiger charge is -2.28. The van der Waals surface area contributed by atoms with Crippen molar-refractivity contribution in [1.29, 1.82) is 0 Å². The Morgan fingerprint density at radius 1 is 1.18 bits per heavy atom. The molecule has 1 aromatic rings. The third kappa shape index (κ3) is 3.81. The van der Waals surface area contributed by atoms with E-state index in [2.05, 4.69) is 33.0 Å². The van der Waals surface area contributed by atoms with Gasteiger partial charge in [-0.1, -0.05) is 45.9 Å². The van der Waals surface area contributed by atoms with Gasteiger partial charge in [0, 0.05) is 11.6 Å². The number of hydrogen-bond donors (Lipinski definition) is 1. The van der Waals surface area contributed by atoms with Crippen LogP contribution in [0.2, 0.25) is 0 Å². The first-order chi connectivity index (χ1) is 8.07. The van der Waals surface area contributed by atoms with Crippen LogP contribution in [-0.4, -0.2) is 6.54 Å². The van der Waals surface area contributed by atoms with Crippen LogP contribution in [0.5, 0.6) is 0 Å². The quantitative estimate of drug-likeness (QED) is 0.783. The number of hydrogen-bond acceptors (Lipinski definition) is 1. The third-order valence-electron chi connectivity index (χ3n) is 3.43. The molecule has 0 aliphatic carbocycles. The standard InChI is InChI=1S/C15H24FN/c1-5-10-17-15(12(4)11(2)3)13-8-6-7-9-14(13)16/h6-9,11-12,15,17H,5,10H2,1-4H3. The van der Waals surface area contributed by atoms with E-state index in [-0.39, 0.29) is 11.9 Å². The van der Waals surface area contributed by atoms with Crippen LogP contribution >= 0.6 is 0 Å². The summed E-state index contributed by atoms with van der Waals surface area (Å²) in [5.41, 5.74) is 0.794. The molecular weight excluding hydrogens is 213 g/mol. The molecule has 0 spiro atoms. The lowest BCUT2D eigenvalue weighted by molar-refractivity contribution is 0.297. The second-order valence-electron chi connectivity index (χ2n) is 5.06. The molecule has 96 valence electrons. The molecule has 17 heavy (non-hydrogen) atoms. The molecule has 1 nitrogen and oxygen atoms in total. The van der Waals surface area contributed by atoms with Crippen LogP contribution in [-0.2, 0) is 0 Å². The molecule has 0 heterocycles. The normalized spacial score (nSPS) is 14.9. The van der Waals surface area contributed by atoms with Crippen LogP contribution in [0, 0.1) is 17.7 Å². The lowest BCUT2D eigenvalue weighted by atomic mass is 9.86. The summed E-state index contributed by atoms with van der Waals surface area (Å²) >= 11 is 0. The van der Waals surface area contributed by atoms with E-state index in [9.17, 15) is 4.39 Å². The van der Waals surface area contributed by atoms with E-state index in [4.69, 9.17) is 0 Å². The van der Waals surface area contributed by atoms with Gasteiger partial charge in [0.05, 0.1) is 0 Å². The van der Waals surface area contributed by atoms with Gasteiger partial charge in [-0.3, -0.25) is 0 Å². The van der Waals surface area contributed by atoms with Crippen molar-refractivity contribution in [2.24, 2.45) is 11.8 Å². The maximum absolute atomic E-state index is 13.9. The highest BCUT2D eigenvalue weighted by Gasteiger charge is 2.23. The predicted octanol–water partition coefficient (Wildman–Crippen LogP) is 4.16. The molecule has 2 heteroatoms. The molecule has 0 radical (unpaired) electrons. The Kier molecular flexibility index (Phi) is 5.63. The predicted molar refractivity (Wildman–Crippen MR) is 71.4 cm³/mol. The summed E-state index contributed by atoms with van der Waals surface area (Å²) in [5, 5.41) is 3.47. The van der Waals surface area contributed by atoms with E-state index in [0.717, 1.165) is 18.5 Å². The first-order valence-corrected chi connectivity index (χ1v) is 6.55. The van der Waals surface area contributed by atoms with Gasteiger partial charge in [0.15, 0.2) is 0 Å². The minimum Gasteiger partial charge on any atom is -0.310 e. The van der Waals surface area contributed by atoms with Crippen molar-refractivity contribution in [2.75, 3.05) is 6.54 Å². The minimum atomic E-state index is -0.103. The van der Waals surface area contributed by atoms with Crippen LogP contribution in [0.4, 0.5) is 4.39 Å². The molecule has 0 saturated carbocycles. The third-order valence-corrected chi connectivity index (χ3v) is 3.43. The van der Waals surface area contributed by atoms with Gasteiger partial charge in [0.25, 0.3) is 0 Å². The van der Waals surface area contributed by atoms with E-state index in [1.807, 2.05) is 12.1 Å². The van der Waals surface area contributed by atoms with E-state index >= 15 is 0 Å². The van der Waals surface area contributed by atoms with Gasteiger partial charge in [0.1, 0.15) is 5.82 Å². The highest BCUT2D eigenvalue weighted by atomic mass is 19.1. The number of halogens is 1. The number of benzene rings is 1. The zero-order valence-corrected chi connectivity index (χ0v) is 11.3. The van der Waals surface area contributed by atoms with Gasteiger partial charge in [-0.15, -0.1) is 0 Å². The van der Waals surface area contributed by atoms with Crippen molar-refractivity contribution in [2.45, 2.75) is 40.2 Å². The topological polar surface area (TPSA) is 12.0 Å². The van der Waals surface area contributed by atoms with Crippen LogP contribution in [0.25, 0.3) is 0 Å². The molecule has 2 unspecified atom stereocenters. The molecule has 1 N–H and O–H groups in total. The molecule has 1 rings (SSSR count). The monoisotopic (exact) mass is 237 g/mol. The fourth-order valence-corrected chi connectivity index (χ4v) is 1.99. The summed E-state index contributed by atoms with van der Waals surface area (Å²) in [6.07, 6.45) is 1.07. The Morgan fingerprint density at radius 3 is 2.35 bits per heavy atom. The van der Waals surface area contributed by atoms with Crippen molar-refractivity contribution in [3.63, 3.8) is 0 Å². The Balaban J connectivity index is 2.93. The summed E-state index contributed by atoms with van der Waals surface area (Å²) < 4.78 is 13.9. The molecule has 0 aliphatic heterocycles. The van der Waals surface area contributed by atoms with E-state index < -0.39 is 0 Å². The van der Waals surface area contributed by atoms with E-state index in [1.165, 1.54) is 0 Å². The Morgan fingerprint density at radius 2 is 1.82 bits per heavy atom. The molecule has 1 aromatic carbocycles. The van der Waals surface area contributed by atoms with Crippen LogP contribution in [0.1, 0.15) is 45.7 Å². The van der Waals surface area contributed by atoms with Crippen molar-refractivity contribution in [1.82, 2.24) is 5.32 Å². The van der Waals surface area contributed by atoms with Gasteiger partial charge in [-0.05, 0) is 30.9 Å². The van der Waals surface area contributed by atoms with Crippen LogP contribution in [0.3, 0.4) is 0 Å². The van der Waals surface area contributed by atoms with Gasteiger partial charge >= 0.3 is 0 Å². The smallest absolute Gasteiger partial charge is 0.127 e. The van der Waals surface area contributed by atoms with Gasteiger partial charge in [0.2, 0.25) is 0 Å². The molecule has 0 bridgehead atoms. The molecule has 0 aromatic heterocycles. The van der Waals surface area contributed by atoms with Crippen molar-refractivity contribution < 1.29 is 4.39 Å². The van der Waals surface area contributed by atoms with Crippen LogP contribution in [0.15, 0.2) is 24.3 Å².